The number of morpholine rings is 1. The molecule has 5 heterocycles. The predicted octanol–water partition coefficient (Wildman–Crippen LogP) is 6.56. The molecular weight excluding hydrogens is 698 g/mol. The van der Waals surface area contributed by atoms with E-state index in [1.807, 2.05) is 6.07 Å². The Kier molecular flexibility index (Phi) is 10.2. The molecule has 3 aromatic rings. The monoisotopic (exact) mass is 730 g/mol. The number of carbonyl (C=O) groups is 2. The number of amides is 2. The van der Waals surface area contributed by atoms with Crippen LogP contribution in [0.25, 0.3) is 0 Å². The third-order valence-corrected chi connectivity index (χ3v) is 10.4. The van der Waals surface area contributed by atoms with Crippen molar-refractivity contribution in [2.24, 2.45) is 0 Å². The van der Waals surface area contributed by atoms with Crippen molar-refractivity contribution < 1.29 is 45.4 Å². The van der Waals surface area contributed by atoms with Crippen molar-refractivity contribution in [3.63, 3.8) is 0 Å². The molecule has 8 nitrogen and oxygen atoms in total. The Hall–Kier alpha value is -3.40. The summed E-state index contributed by atoms with van der Waals surface area (Å²) in [4.78, 5) is 37.1. The van der Waals surface area contributed by atoms with Gasteiger partial charge in [-0.05, 0) is 54.7 Å². The van der Waals surface area contributed by atoms with Gasteiger partial charge in [-0.15, -0.1) is 11.3 Å². The Morgan fingerprint density at radius 1 is 1.00 bits per heavy atom. The Morgan fingerprint density at radius 3 is 2.49 bits per heavy atom. The summed E-state index contributed by atoms with van der Waals surface area (Å²) in [6.07, 6.45) is -7.62. The predicted molar refractivity (Wildman–Crippen MR) is 168 cm³/mol. The summed E-state index contributed by atoms with van der Waals surface area (Å²) in [7, 11) is 0. The average molecular weight is 731 g/mol. The molecule has 0 saturated carbocycles. The van der Waals surface area contributed by atoms with Crippen LogP contribution in [0.4, 0.5) is 26.3 Å². The van der Waals surface area contributed by atoms with Crippen LogP contribution in [0, 0.1) is 0 Å². The van der Waals surface area contributed by atoms with E-state index in [0.717, 1.165) is 29.5 Å². The van der Waals surface area contributed by atoms with E-state index in [1.165, 1.54) is 10.3 Å². The van der Waals surface area contributed by atoms with Crippen LogP contribution in [0.1, 0.15) is 51.3 Å². The van der Waals surface area contributed by atoms with Gasteiger partial charge in [0.25, 0.3) is 11.8 Å². The molecule has 2 saturated heterocycles. The minimum atomic E-state index is -4.74. The zero-order valence-corrected chi connectivity index (χ0v) is 27.7. The number of hydrogen-bond donors (Lipinski definition) is 0. The first kappa shape index (κ1) is 35.4. The summed E-state index contributed by atoms with van der Waals surface area (Å²) in [6, 6.07) is 6.57. The number of benzene rings is 1. The number of hydrogen-bond acceptors (Lipinski definition) is 7. The Bertz CT molecular complexity index is 1680. The first-order valence-corrected chi connectivity index (χ1v) is 17.1. The summed E-state index contributed by atoms with van der Waals surface area (Å²) in [6.45, 7) is 2.92. The molecule has 0 unspecified atom stereocenters. The molecule has 1 aromatic carbocycles. The summed E-state index contributed by atoms with van der Waals surface area (Å²) < 4.78 is 93.9. The molecule has 2 aromatic heterocycles. The van der Waals surface area contributed by atoms with Gasteiger partial charge in [0.15, 0.2) is 0 Å². The van der Waals surface area contributed by atoms with E-state index in [0.29, 0.717) is 61.7 Å². The molecule has 0 N–H and O–H groups in total. The zero-order valence-electron chi connectivity index (χ0n) is 26.2. The van der Waals surface area contributed by atoms with E-state index in [4.69, 9.17) is 21.1 Å². The lowest BCUT2D eigenvalue weighted by molar-refractivity contribution is -0.160. The lowest BCUT2D eigenvalue weighted by Crippen LogP contribution is -2.68. The highest BCUT2D eigenvalue weighted by molar-refractivity contribution is 7.10. The van der Waals surface area contributed by atoms with Crippen molar-refractivity contribution >= 4 is 34.8 Å². The number of pyridine rings is 1. The number of aromatic nitrogens is 1. The van der Waals surface area contributed by atoms with Gasteiger partial charge in [0.05, 0.1) is 24.8 Å². The van der Waals surface area contributed by atoms with Gasteiger partial charge in [-0.2, -0.15) is 26.3 Å². The minimum absolute atomic E-state index is 0.0511. The van der Waals surface area contributed by atoms with E-state index >= 15 is 0 Å². The number of thiophene rings is 1. The normalized spacial score (nSPS) is 22.1. The second-order valence-electron chi connectivity index (χ2n) is 12.3. The third kappa shape index (κ3) is 7.69. The summed E-state index contributed by atoms with van der Waals surface area (Å²) in [5.41, 5.74) is -1.60. The van der Waals surface area contributed by atoms with Crippen molar-refractivity contribution in [1.82, 2.24) is 19.7 Å². The maximum atomic E-state index is 14.9. The highest BCUT2D eigenvalue weighted by Crippen LogP contribution is 2.42. The van der Waals surface area contributed by atoms with Gasteiger partial charge in [-0.1, -0.05) is 17.7 Å². The molecule has 2 amide bonds. The zero-order chi connectivity index (χ0) is 35.0. The van der Waals surface area contributed by atoms with Crippen LogP contribution in [0.3, 0.4) is 0 Å². The van der Waals surface area contributed by atoms with Crippen molar-refractivity contribution in [2.75, 3.05) is 45.9 Å². The molecule has 0 bridgehead atoms. The van der Waals surface area contributed by atoms with Gasteiger partial charge >= 0.3 is 12.4 Å². The van der Waals surface area contributed by atoms with Crippen LogP contribution in [0.2, 0.25) is 5.02 Å². The van der Waals surface area contributed by atoms with Crippen LogP contribution in [0.15, 0.2) is 48.0 Å². The van der Waals surface area contributed by atoms with E-state index in [1.54, 1.807) is 17.0 Å². The molecule has 0 radical (unpaired) electrons. The smallest absolute Gasteiger partial charge is 0.425 e. The lowest BCUT2D eigenvalue weighted by atomic mass is 9.79. The third-order valence-electron chi connectivity index (χ3n) is 9.24. The topological polar surface area (TPSA) is 75.2 Å². The fourth-order valence-electron chi connectivity index (χ4n) is 6.83. The fourth-order valence-corrected chi connectivity index (χ4v) is 7.70. The number of ether oxygens (including phenoxy) is 2. The van der Waals surface area contributed by atoms with Crippen LogP contribution in [-0.4, -0.2) is 89.1 Å². The molecule has 49 heavy (non-hydrogen) atoms. The number of halogens is 7. The van der Waals surface area contributed by atoms with Crippen LogP contribution < -0.4 is 4.74 Å². The molecule has 3 aliphatic heterocycles. The number of likely N-dealkylation sites (tertiary alicyclic amines) is 1. The standard InChI is InChI=1S/C33H33ClF6N4O4S/c34-24-3-2-21-5-11-43(19-22(21)16-24)30(46)31(48-25-18-28(49-20-25)33(38,39)40)7-1-9-44(27(31)6-10-42-12-14-47-15-13-42)29(45)26-17-23(4-8-41-26)32(35,36)37/h2-4,8,16-18,20,27H,1,5-7,9-15,19H2/t27-,31+/m1/s1. The van der Waals surface area contributed by atoms with Crippen molar-refractivity contribution in [2.45, 2.75) is 56.2 Å². The minimum Gasteiger partial charge on any atom is -0.474 e. The highest BCUT2D eigenvalue weighted by atomic mass is 35.5. The number of fused-ring (bicyclic) bond motifs is 1. The second kappa shape index (κ2) is 14.1. The highest BCUT2D eigenvalue weighted by Gasteiger charge is 2.56. The van der Waals surface area contributed by atoms with Gasteiger partial charge in [0.2, 0.25) is 5.60 Å². The maximum Gasteiger partial charge on any atom is 0.425 e. The summed E-state index contributed by atoms with van der Waals surface area (Å²) >= 11 is 6.68. The Balaban J connectivity index is 1.42. The first-order valence-electron chi connectivity index (χ1n) is 15.8. The van der Waals surface area contributed by atoms with Gasteiger partial charge < -0.3 is 19.3 Å². The van der Waals surface area contributed by atoms with Gasteiger partial charge in [-0.25, -0.2) is 0 Å². The molecule has 16 heteroatoms. The van der Waals surface area contributed by atoms with Crippen molar-refractivity contribution in [3.8, 4) is 5.75 Å². The number of rotatable bonds is 7. The Morgan fingerprint density at radius 2 is 1.78 bits per heavy atom. The summed E-state index contributed by atoms with van der Waals surface area (Å²) in [5, 5.41) is 1.65. The molecule has 0 aliphatic carbocycles. The number of carbonyl (C=O) groups excluding carboxylic acids is 2. The average Bonchev–Trinajstić information content (AvgIpc) is 3.56. The first-order chi connectivity index (χ1) is 23.2. The molecule has 0 spiro atoms. The van der Waals surface area contributed by atoms with E-state index < -0.39 is 51.9 Å². The summed E-state index contributed by atoms with van der Waals surface area (Å²) in [5.74, 6) is -1.55. The van der Waals surface area contributed by atoms with Gasteiger partial charge in [0, 0.05) is 68.4 Å². The maximum absolute atomic E-state index is 14.9. The number of alkyl halides is 6. The number of nitrogens with zero attached hydrogens (tertiary/aromatic N) is 4. The molecule has 2 fully saturated rings. The van der Waals surface area contributed by atoms with Crippen LogP contribution in [0.5, 0.6) is 5.75 Å². The fraction of sp³-hybridized carbons (Fsp3) is 0.485. The van der Waals surface area contributed by atoms with E-state index in [-0.39, 0.29) is 44.6 Å². The molecule has 2 atom stereocenters. The second-order valence-corrected chi connectivity index (χ2v) is 13.7. The molecule has 3 aliphatic rings. The van der Waals surface area contributed by atoms with Crippen LogP contribution in [-0.2, 0) is 34.8 Å². The van der Waals surface area contributed by atoms with Gasteiger partial charge in [-0.3, -0.25) is 19.5 Å². The van der Waals surface area contributed by atoms with E-state index in [2.05, 4.69) is 9.88 Å². The van der Waals surface area contributed by atoms with Crippen molar-refractivity contribution in [1.29, 1.82) is 0 Å². The number of piperidine rings is 1. The largest absolute Gasteiger partial charge is 0.474 e. The van der Waals surface area contributed by atoms with Crippen molar-refractivity contribution in [3.05, 3.63) is 80.3 Å². The molecule has 264 valence electrons. The van der Waals surface area contributed by atoms with Gasteiger partial charge in [0.1, 0.15) is 16.3 Å². The van der Waals surface area contributed by atoms with E-state index in [9.17, 15) is 35.9 Å². The quantitative estimate of drug-likeness (QED) is 0.257. The molecule has 6 rings (SSSR count). The van der Waals surface area contributed by atoms with Crippen LogP contribution >= 0.6 is 22.9 Å². The SMILES string of the molecule is O=C(c1cc(C(F)(F)F)ccn1)N1CCC[C@@](Oc2csc(C(F)(F)F)c2)(C(=O)N2CCc3ccc(Cl)cc3C2)[C@H]1CCN1CCOCC1. The Labute approximate surface area is 287 Å². The molecular formula is C33H33ClF6N4O4S. The lowest BCUT2D eigenvalue weighted by Gasteiger charge is -2.50.